The van der Waals surface area contributed by atoms with Crippen LogP contribution >= 0.6 is 0 Å². The molecule has 3 aromatic rings. The van der Waals surface area contributed by atoms with E-state index < -0.39 is 0 Å². The monoisotopic (exact) mass is 366 g/mol. The predicted octanol–water partition coefficient (Wildman–Crippen LogP) is 3.40. The number of benzene rings is 2. The molecule has 27 heavy (non-hydrogen) atoms. The van der Waals surface area contributed by atoms with Gasteiger partial charge >= 0.3 is 0 Å². The van der Waals surface area contributed by atoms with Crippen molar-refractivity contribution in [1.29, 1.82) is 0 Å². The molecule has 1 aromatic heterocycles. The lowest BCUT2D eigenvalue weighted by Gasteiger charge is -2.10. The Morgan fingerprint density at radius 1 is 1.07 bits per heavy atom. The standard InChI is InChI=1S/C21H22N2O4/c1-15-17(23-21(27-15)16-8-4-3-5-9-16)14-20(24)22-12-13-26-19-11-7-6-10-18(19)25-2/h3-11H,12-14H2,1-2H3,(H,22,24). The maximum absolute atomic E-state index is 12.2. The second-order valence-electron chi connectivity index (χ2n) is 5.91. The van der Waals surface area contributed by atoms with E-state index >= 15 is 0 Å². The molecule has 6 nitrogen and oxygen atoms in total. The first-order chi connectivity index (χ1) is 13.2. The number of aryl methyl sites for hydroxylation is 1. The Labute approximate surface area is 158 Å². The zero-order valence-corrected chi connectivity index (χ0v) is 15.4. The molecular formula is C21H22N2O4. The van der Waals surface area contributed by atoms with E-state index in [1.165, 1.54) is 0 Å². The van der Waals surface area contributed by atoms with Gasteiger partial charge in [0.25, 0.3) is 0 Å². The van der Waals surface area contributed by atoms with Crippen LogP contribution in [0.5, 0.6) is 11.5 Å². The third-order valence-electron chi connectivity index (χ3n) is 3.99. The van der Waals surface area contributed by atoms with Crippen molar-refractivity contribution >= 4 is 5.91 Å². The summed E-state index contributed by atoms with van der Waals surface area (Å²) < 4.78 is 16.5. The zero-order valence-electron chi connectivity index (χ0n) is 15.4. The van der Waals surface area contributed by atoms with Crippen LogP contribution in [0, 0.1) is 6.92 Å². The van der Waals surface area contributed by atoms with E-state index in [2.05, 4.69) is 10.3 Å². The fourth-order valence-corrected chi connectivity index (χ4v) is 2.60. The van der Waals surface area contributed by atoms with Crippen LogP contribution in [0.25, 0.3) is 11.5 Å². The number of carbonyl (C=O) groups excluding carboxylic acids is 1. The van der Waals surface area contributed by atoms with Crippen molar-refractivity contribution in [2.45, 2.75) is 13.3 Å². The van der Waals surface area contributed by atoms with Crippen molar-refractivity contribution in [2.75, 3.05) is 20.3 Å². The van der Waals surface area contributed by atoms with E-state index in [0.717, 1.165) is 5.56 Å². The van der Waals surface area contributed by atoms with Gasteiger partial charge in [0.05, 0.1) is 25.8 Å². The highest BCUT2D eigenvalue weighted by Gasteiger charge is 2.14. The third-order valence-corrected chi connectivity index (χ3v) is 3.99. The summed E-state index contributed by atoms with van der Waals surface area (Å²) in [4.78, 5) is 16.6. The third kappa shape index (κ3) is 4.88. The smallest absolute Gasteiger partial charge is 0.226 e. The first-order valence-corrected chi connectivity index (χ1v) is 8.71. The van der Waals surface area contributed by atoms with Crippen LogP contribution in [0.2, 0.25) is 0 Å². The fourth-order valence-electron chi connectivity index (χ4n) is 2.60. The zero-order chi connectivity index (χ0) is 19.1. The van der Waals surface area contributed by atoms with E-state index in [1.54, 1.807) is 7.11 Å². The number of hydrogen-bond donors (Lipinski definition) is 1. The molecule has 2 aromatic carbocycles. The number of oxazole rings is 1. The molecular weight excluding hydrogens is 344 g/mol. The molecule has 0 radical (unpaired) electrons. The molecule has 0 bridgehead atoms. The molecule has 1 heterocycles. The van der Waals surface area contributed by atoms with Crippen LogP contribution in [-0.4, -0.2) is 31.2 Å². The summed E-state index contributed by atoms with van der Waals surface area (Å²) >= 11 is 0. The molecule has 6 heteroatoms. The second-order valence-corrected chi connectivity index (χ2v) is 5.91. The minimum atomic E-state index is -0.130. The fraction of sp³-hybridized carbons (Fsp3) is 0.238. The molecule has 0 unspecified atom stereocenters. The van der Waals surface area contributed by atoms with Crippen molar-refractivity contribution in [1.82, 2.24) is 10.3 Å². The lowest BCUT2D eigenvalue weighted by Crippen LogP contribution is -2.29. The lowest BCUT2D eigenvalue weighted by molar-refractivity contribution is -0.120. The van der Waals surface area contributed by atoms with Crippen molar-refractivity contribution < 1.29 is 18.7 Å². The maximum Gasteiger partial charge on any atom is 0.226 e. The number of ether oxygens (including phenoxy) is 2. The van der Waals surface area contributed by atoms with Gasteiger partial charge in [-0.05, 0) is 31.2 Å². The van der Waals surface area contributed by atoms with Crippen molar-refractivity contribution in [2.24, 2.45) is 0 Å². The number of nitrogens with one attached hydrogen (secondary N) is 1. The highest BCUT2D eigenvalue weighted by molar-refractivity contribution is 5.78. The van der Waals surface area contributed by atoms with Crippen LogP contribution in [0.3, 0.4) is 0 Å². The van der Waals surface area contributed by atoms with Gasteiger partial charge in [-0.3, -0.25) is 4.79 Å². The Hall–Kier alpha value is -3.28. The highest BCUT2D eigenvalue weighted by Crippen LogP contribution is 2.25. The molecule has 0 saturated heterocycles. The Bertz CT molecular complexity index is 890. The molecule has 140 valence electrons. The molecule has 0 aliphatic carbocycles. The van der Waals surface area contributed by atoms with Gasteiger partial charge in [0.2, 0.25) is 11.8 Å². The summed E-state index contributed by atoms with van der Waals surface area (Å²) in [6.45, 7) is 2.55. The van der Waals surface area contributed by atoms with E-state index in [4.69, 9.17) is 13.9 Å². The van der Waals surface area contributed by atoms with Gasteiger partial charge in [0, 0.05) is 5.56 Å². The van der Waals surface area contributed by atoms with Crippen LogP contribution < -0.4 is 14.8 Å². The van der Waals surface area contributed by atoms with Crippen LogP contribution in [0.1, 0.15) is 11.5 Å². The summed E-state index contributed by atoms with van der Waals surface area (Å²) in [5.41, 5.74) is 1.52. The molecule has 0 saturated carbocycles. The molecule has 3 rings (SSSR count). The van der Waals surface area contributed by atoms with Crippen LogP contribution in [-0.2, 0) is 11.2 Å². The number of aromatic nitrogens is 1. The summed E-state index contributed by atoms with van der Waals surface area (Å²) in [7, 11) is 1.59. The molecule has 0 fully saturated rings. The van der Waals surface area contributed by atoms with E-state index in [1.807, 2.05) is 61.5 Å². The van der Waals surface area contributed by atoms with Gasteiger partial charge in [-0.15, -0.1) is 0 Å². The number of hydrogen-bond acceptors (Lipinski definition) is 5. The largest absolute Gasteiger partial charge is 0.493 e. The van der Waals surface area contributed by atoms with E-state index in [9.17, 15) is 4.79 Å². The maximum atomic E-state index is 12.2. The first kappa shape index (κ1) is 18.5. The topological polar surface area (TPSA) is 73.6 Å². The molecule has 0 spiro atoms. The second kappa shape index (κ2) is 8.89. The van der Waals surface area contributed by atoms with Gasteiger partial charge in [0.1, 0.15) is 12.4 Å². The first-order valence-electron chi connectivity index (χ1n) is 8.71. The Kier molecular flexibility index (Phi) is 6.10. The van der Waals surface area contributed by atoms with Crippen molar-refractivity contribution in [3.8, 4) is 23.0 Å². The average Bonchev–Trinajstić information content (AvgIpc) is 3.06. The Morgan fingerprint density at radius 3 is 2.52 bits per heavy atom. The van der Waals surface area contributed by atoms with Crippen molar-refractivity contribution in [3.63, 3.8) is 0 Å². The normalized spacial score (nSPS) is 10.4. The van der Waals surface area contributed by atoms with Crippen LogP contribution in [0.4, 0.5) is 0 Å². The number of carbonyl (C=O) groups is 1. The minimum absolute atomic E-state index is 0.130. The SMILES string of the molecule is COc1ccccc1OCCNC(=O)Cc1nc(-c2ccccc2)oc1C. The number of rotatable bonds is 8. The summed E-state index contributed by atoms with van der Waals surface area (Å²) in [5.74, 6) is 2.35. The predicted molar refractivity (Wildman–Crippen MR) is 102 cm³/mol. The van der Waals surface area contributed by atoms with Gasteiger partial charge in [0.15, 0.2) is 11.5 Å². The average molecular weight is 366 g/mol. The number of amides is 1. The number of nitrogens with zero attached hydrogens (tertiary/aromatic N) is 1. The molecule has 0 atom stereocenters. The number of para-hydroxylation sites is 2. The lowest BCUT2D eigenvalue weighted by atomic mass is 10.2. The Morgan fingerprint density at radius 2 is 1.78 bits per heavy atom. The van der Waals surface area contributed by atoms with Gasteiger partial charge in [-0.1, -0.05) is 30.3 Å². The minimum Gasteiger partial charge on any atom is -0.493 e. The van der Waals surface area contributed by atoms with E-state index in [-0.39, 0.29) is 12.3 Å². The Balaban J connectivity index is 1.49. The van der Waals surface area contributed by atoms with Crippen molar-refractivity contribution in [3.05, 3.63) is 66.1 Å². The molecule has 1 N–H and O–H groups in total. The molecule has 0 aliphatic heterocycles. The summed E-state index contributed by atoms with van der Waals surface area (Å²) in [6, 6.07) is 17.0. The number of methoxy groups -OCH3 is 1. The highest BCUT2D eigenvalue weighted by atomic mass is 16.5. The quantitative estimate of drug-likeness (QED) is 0.619. The molecule has 0 aliphatic rings. The molecule has 1 amide bonds. The van der Waals surface area contributed by atoms with E-state index in [0.29, 0.717) is 42.0 Å². The van der Waals surface area contributed by atoms with Gasteiger partial charge < -0.3 is 19.2 Å². The van der Waals surface area contributed by atoms with Crippen LogP contribution in [0.15, 0.2) is 59.0 Å². The summed E-state index contributed by atoms with van der Waals surface area (Å²) in [5, 5.41) is 2.83. The van der Waals surface area contributed by atoms with Gasteiger partial charge in [-0.25, -0.2) is 4.98 Å². The van der Waals surface area contributed by atoms with Gasteiger partial charge in [-0.2, -0.15) is 0 Å². The summed E-state index contributed by atoms with van der Waals surface area (Å²) in [6.07, 6.45) is 0.164.